The summed E-state index contributed by atoms with van der Waals surface area (Å²) in [5.74, 6) is 1.35. The lowest BCUT2D eigenvalue weighted by atomic mass is 10.1. The van der Waals surface area contributed by atoms with Gasteiger partial charge in [0.15, 0.2) is 0 Å². The van der Waals surface area contributed by atoms with Crippen molar-refractivity contribution in [1.29, 1.82) is 0 Å². The molecule has 0 bridgehead atoms. The maximum atomic E-state index is 6.31. The summed E-state index contributed by atoms with van der Waals surface area (Å²) < 4.78 is 11.1. The highest BCUT2D eigenvalue weighted by Gasteiger charge is 2.16. The van der Waals surface area contributed by atoms with Gasteiger partial charge < -0.3 is 14.8 Å². The van der Waals surface area contributed by atoms with Crippen molar-refractivity contribution in [3.8, 4) is 5.75 Å². The van der Waals surface area contributed by atoms with Gasteiger partial charge in [-0.05, 0) is 37.6 Å². The molecule has 2 atom stereocenters. The molecule has 0 aliphatic carbocycles. The highest BCUT2D eigenvalue weighted by atomic mass is 35.5. The Bertz CT molecular complexity index is 405. The van der Waals surface area contributed by atoms with Crippen LogP contribution in [0.5, 0.6) is 5.75 Å². The van der Waals surface area contributed by atoms with Crippen molar-refractivity contribution in [1.82, 2.24) is 5.32 Å². The van der Waals surface area contributed by atoms with Gasteiger partial charge in [-0.3, -0.25) is 0 Å². The normalized spacial score (nSPS) is 20.5. The zero-order valence-corrected chi connectivity index (χ0v) is 12.4. The fourth-order valence-electron chi connectivity index (χ4n) is 2.29. The van der Waals surface area contributed by atoms with Crippen LogP contribution in [0.1, 0.15) is 31.9 Å². The first-order chi connectivity index (χ1) is 9.20. The quantitative estimate of drug-likeness (QED) is 0.868. The zero-order valence-electron chi connectivity index (χ0n) is 11.6. The molecule has 0 radical (unpaired) electrons. The molecular formula is C15H22ClNO2. The summed E-state index contributed by atoms with van der Waals surface area (Å²) >= 11 is 6.31. The van der Waals surface area contributed by atoms with Crippen molar-refractivity contribution in [2.45, 2.75) is 26.3 Å². The summed E-state index contributed by atoms with van der Waals surface area (Å²) in [5, 5.41) is 4.12. The number of hydrogen-bond acceptors (Lipinski definition) is 3. The van der Waals surface area contributed by atoms with Gasteiger partial charge >= 0.3 is 0 Å². The van der Waals surface area contributed by atoms with Gasteiger partial charge in [0, 0.05) is 23.6 Å². The van der Waals surface area contributed by atoms with Gasteiger partial charge in [-0.1, -0.05) is 24.6 Å². The first kappa shape index (κ1) is 14.6. The molecule has 3 nitrogen and oxygen atoms in total. The van der Waals surface area contributed by atoms with Crippen LogP contribution < -0.4 is 10.1 Å². The van der Waals surface area contributed by atoms with Crippen molar-refractivity contribution < 1.29 is 9.47 Å². The summed E-state index contributed by atoms with van der Waals surface area (Å²) in [5.41, 5.74) is 1.11. The van der Waals surface area contributed by atoms with Crippen LogP contribution in [0.4, 0.5) is 0 Å². The van der Waals surface area contributed by atoms with Crippen LogP contribution in [0.3, 0.4) is 0 Å². The Balaban J connectivity index is 1.93. The number of benzene rings is 1. The van der Waals surface area contributed by atoms with E-state index in [2.05, 4.69) is 19.2 Å². The molecule has 1 fully saturated rings. The standard InChI is InChI=1S/C15H22ClNO2/c1-3-17-11(2)14-5-4-13(8-15(14)16)19-10-12-6-7-18-9-12/h4-5,8,11-12,17H,3,6-7,9-10H2,1-2H3. The van der Waals surface area contributed by atoms with Crippen molar-refractivity contribution in [2.75, 3.05) is 26.4 Å². The van der Waals surface area contributed by atoms with Crippen LogP contribution in [0.15, 0.2) is 18.2 Å². The molecule has 4 heteroatoms. The van der Waals surface area contributed by atoms with Crippen LogP contribution in [0, 0.1) is 5.92 Å². The molecule has 1 saturated heterocycles. The summed E-state index contributed by atoms with van der Waals surface area (Å²) in [6.07, 6.45) is 1.09. The number of halogens is 1. The molecule has 2 rings (SSSR count). The first-order valence-electron chi connectivity index (χ1n) is 6.94. The molecule has 1 aromatic rings. The monoisotopic (exact) mass is 283 g/mol. The summed E-state index contributed by atoms with van der Waals surface area (Å²) in [6, 6.07) is 6.19. The summed E-state index contributed by atoms with van der Waals surface area (Å²) in [7, 11) is 0. The molecule has 0 aromatic heterocycles. The smallest absolute Gasteiger partial charge is 0.120 e. The molecule has 1 aromatic carbocycles. The Morgan fingerprint density at radius 1 is 1.53 bits per heavy atom. The average Bonchev–Trinajstić information content (AvgIpc) is 2.89. The molecule has 1 aliphatic heterocycles. The molecule has 1 heterocycles. The molecule has 19 heavy (non-hydrogen) atoms. The van der Waals surface area contributed by atoms with Gasteiger partial charge in [0.05, 0.1) is 13.2 Å². The fraction of sp³-hybridized carbons (Fsp3) is 0.600. The Hall–Kier alpha value is -0.770. The minimum atomic E-state index is 0.259. The molecule has 2 unspecified atom stereocenters. The van der Waals surface area contributed by atoms with Crippen LogP contribution in [-0.2, 0) is 4.74 Å². The minimum absolute atomic E-state index is 0.259. The van der Waals surface area contributed by atoms with Gasteiger partial charge in [0.2, 0.25) is 0 Å². The topological polar surface area (TPSA) is 30.5 Å². The van der Waals surface area contributed by atoms with E-state index in [4.69, 9.17) is 21.1 Å². The van der Waals surface area contributed by atoms with E-state index in [1.54, 1.807) is 0 Å². The number of ether oxygens (including phenoxy) is 2. The molecule has 1 aliphatic rings. The second kappa shape index (κ2) is 7.13. The summed E-state index contributed by atoms with van der Waals surface area (Å²) in [6.45, 7) is 7.50. The number of hydrogen-bond donors (Lipinski definition) is 1. The van der Waals surface area contributed by atoms with Gasteiger partial charge in [-0.15, -0.1) is 0 Å². The molecule has 106 valence electrons. The van der Waals surface area contributed by atoms with E-state index in [1.807, 2.05) is 18.2 Å². The van der Waals surface area contributed by atoms with E-state index < -0.39 is 0 Å². The molecule has 1 N–H and O–H groups in total. The van der Waals surface area contributed by atoms with Crippen LogP contribution >= 0.6 is 11.6 Å². The first-order valence-corrected chi connectivity index (χ1v) is 7.32. The van der Waals surface area contributed by atoms with E-state index in [0.29, 0.717) is 12.5 Å². The Labute approximate surface area is 120 Å². The van der Waals surface area contributed by atoms with Crippen LogP contribution in [0.25, 0.3) is 0 Å². The fourth-order valence-corrected chi connectivity index (χ4v) is 2.63. The third-order valence-corrected chi connectivity index (χ3v) is 3.79. The molecule has 0 saturated carbocycles. The van der Waals surface area contributed by atoms with Crippen LogP contribution in [-0.4, -0.2) is 26.4 Å². The second-order valence-electron chi connectivity index (χ2n) is 5.00. The second-order valence-corrected chi connectivity index (χ2v) is 5.41. The lowest BCUT2D eigenvalue weighted by Gasteiger charge is -2.16. The van der Waals surface area contributed by atoms with Crippen molar-refractivity contribution in [3.63, 3.8) is 0 Å². The largest absolute Gasteiger partial charge is 0.493 e. The third-order valence-electron chi connectivity index (χ3n) is 3.46. The third kappa shape index (κ3) is 4.10. The number of rotatable bonds is 6. The molecule has 0 spiro atoms. The van der Waals surface area contributed by atoms with E-state index >= 15 is 0 Å². The maximum Gasteiger partial charge on any atom is 0.120 e. The Morgan fingerprint density at radius 2 is 2.37 bits per heavy atom. The van der Waals surface area contributed by atoms with Crippen LogP contribution in [0.2, 0.25) is 5.02 Å². The highest BCUT2D eigenvalue weighted by Crippen LogP contribution is 2.27. The van der Waals surface area contributed by atoms with E-state index in [9.17, 15) is 0 Å². The predicted octanol–water partition coefficient (Wildman–Crippen LogP) is 3.43. The SMILES string of the molecule is CCNC(C)c1ccc(OCC2CCOC2)cc1Cl. The minimum Gasteiger partial charge on any atom is -0.493 e. The van der Waals surface area contributed by atoms with Gasteiger partial charge in [-0.25, -0.2) is 0 Å². The molecular weight excluding hydrogens is 262 g/mol. The van der Waals surface area contributed by atoms with Gasteiger partial charge in [-0.2, -0.15) is 0 Å². The summed E-state index contributed by atoms with van der Waals surface area (Å²) in [4.78, 5) is 0. The molecule has 0 amide bonds. The van der Waals surface area contributed by atoms with Crippen molar-refractivity contribution in [2.24, 2.45) is 5.92 Å². The van der Waals surface area contributed by atoms with Gasteiger partial charge in [0.1, 0.15) is 5.75 Å². The zero-order chi connectivity index (χ0) is 13.7. The van der Waals surface area contributed by atoms with E-state index in [1.165, 1.54) is 0 Å². The Kier molecular flexibility index (Phi) is 5.49. The van der Waals surface area contributed by atoms with Gasteiger partial charge in [0.25, 0.3) is 0 Å². The lowest BCUT2D eigenvalue weighted by Crippen LogP contribution is -2.18. The van der Waals surface area contributed by atoms with Crippen molar-refractivity contribution in [3.05, 3.63) is 28.8 Å². The van der Waals surface area contributed by atoms with Crippen molar-refractivity contribution >= 4 is 11.6 Å². The average molecular weight is 284 g/mol. The maximum absolute atomic E-state index is 6.31. The van der Waals surface area contributed by atoms with E-state index in [-0.39, 0.29) is 6.04 Å². The highest BCUT2D eigenvalue weighted by molar-refractivity contribution is 6.31. The lowest BCUT2D eigenvalue weighted by molar-refractivity contribution is 0.167. The van der Waals surface area contributed by atoms with E-state index in [0.717, 1.165) is 42.5 Å². The number of nitrogens with one attached hydrogen (secondary N) is 1. The predicted molar refractivity (Wildman–Crippen MR) is 78.0 cm³/mol. The Morgan fingerprint density at radius 3 is 3.00 bits per heavy atom.